The Bertz CT molecular complexity index is 185. The van der Waals surface area contributed by atoms with Crippen LogP contribution in [0.4, 0.5) is 0 Å². The van der Waals surface area contributed by atoms with Crippen molar-refractivity contribution in [3.63, 3.8) is 0 Å². The molecule has 0 aromatic carbocycles. The molecule has 0 fully saturated rings. The van der Waals surface area contributed by atoms with Crippen molar-refractivity contribution in [1.82, 2.24) is 0 Å². The number of rotatable bonds is 2. The first-order valence-corrected chi connectivity index (χ1v) is 2.89. The van der Waals surface area contributed by atoms with Crippen molar-refractivity contribution in [3.05, 3.63) is 22.4 Å². The van der Waals surface area contributed by atoms with E-state index in [0.717, 1.165) is 0 Å². The Kier molecular flexibility index (Phi) is 3.25. The number of halogens is 2. The minimum absolute atomic E-state index is 0.450. The summed E-state index contributed by atoms with van der Waals surface area (Å²) < 4.78 is 0. The van der Waals surface area contributed by atoms with Gasteiger partial charge in [-0.25, -0.2) is 4.79 Å². The second-order valence-corrected chi connectivity index (χ2v) is 2.14. The molecule has 0 unspecified atom stereocenters. The fourth-order valence-corrected chi connectivity index (χ4v) is 0.410. The van der Waals surface area contributed by atoms with Crippen LogP contribution in [0.2, 0.25) is 0 Å². The third-order valence-electron chi connectivity index (χ3n) is 0.634. The third-order valence-corrected chi connectivity index (χ3v) is 1.49. The van der Waals surface area contributed by atoms with Crippen molar-refractivity contribution >= 4 is 29.2 Å². The third kappa shape index (κ3) is 2.29. The van der Waals surface area contributed by atoms with E-state index in [0.29, 0.717) is 0 Å². The SMILES string of the molecule is C=C(O)/C(Cl)=C(/Cl)C(=O)O. The maximum absolute atomic E-state index is 10.0. The topological polar surface area (TPSA) is 57.5 Å². The fourth-order valence-electron chi connectivity index (χ4n) is 0.221. The predicted octanol–water partition coefficient (Wildman–Crippen LogP) is 1.83. The summed E-state index contributed by atoms with van der Waals surface area (Å²) in [6.07, 6.45) is 0. The second-order valence-electron chi connectivity index (χ2n) is 1.38. The van der Waals surface area contributed by atoms with Crippen LogP contribution < -0.4 is 0 Å². The molecular formula is C5H4Cl2O3. The van der Waals surface area contributed by atoms with Gasteiger partial charge >= 0.3 is 5.97 Å². The van der Waals surface area contributed by atoms with Crippen LogP contribution in [0.25, 0.3) is 0 Å². The van der Waals surface area contributed by atoms with Crippen LogP contribution in [0.5, 0.6) is 0 Å². The number of aliphatic hydroxyl groups is 1. The number of carboxylic acid groups (broad SMARTS) is 1. The van der Waals surface area contributed by atoms with Gasteiger partial charge in [-0.2, -0.15) is 0 Å². The van der Waals surface area contributed by atoms with E-state index in [4.69, 9.17) is 33.4 Å². The van der Waals surface area contributed by atoms with Gasteiger partial charge in [0.2, 0.25) is 0 Å². The van der Waals surface area contributed by atoms with Crippen molar-refractivity contribution in [1.29, 1.82) is 0 Å². The molecule has 5 heteroatoms. The average Bonchev–Trinajstić information content (AvgIpc) is 1.84. The molecule has 56 valence electrons. The molecule has 0 aliphatic heterocycles. The first-order valence-electron chi connectivity index (χ1n) is 2.13. The molecule has 0 spiro atoms. The van der Waals surface area contributed by atoms with Crippen LogP contribution in [-0.2, 0) is 4.79 Å². The Hall–Kier alpha value is -0.670. The van der Waals surface area contributed by atoms with Crippen molar-refractivity contribution in [2.75, 3.05) is 0 Å². The summed E-state index contributed by atoms with van der Waals surface area (Å²) >= 11 is 10.3. The van der Waals surface area contributed by atoms with E-state index in [1.165, 1.54) is 0 Å². The van der Waals surface area contributed by atoms with Gasteiger partial charge < -0.3 is 10.2 Å². The molecule has 0 aliphatic rings. The van der Waals surface area contributed by atoms with E-state index in [9.17, 15) is 4.79 Å². The first kappa shape index (κ1) is 9.33. The Morgan fingerprint density at radius 3 is 1.70 bits per heavy atom. The Morgan fingerprint density at radius 2 is 1.60 bits per heavy atom. The molecule has 10 heavy (non-hydrogen) atoms. The molecule has 0 atom stereocenters. The lowest BCUT2D eigenvalue weighted by atomic mass is 10.4. The normalized spacial score (nSPS) is 12.2. The van der Waals surface area contributed by atoms with E-state index < -0.39 is 21.8 Å². The molecule has 2 N–H and O–H groups in total. The molecule has 0 saturated carbocycles. The van der Waals surface area contributed by atoms with E-state index in [1.807, 2.05) is 0 Å². The fraction of sp³-hybridized carbons (Fsp3) is 0. The summed E-state index contributed by atoms with van der Waals surface area (Å²) in [7, 11) is 0. The Balaban J connectivity index is 4.67. The molecule has 0 aliphatic carbocycles. The van der Waals surface area contributed by atoms with Crippen molar-refractivity contribution < 1.29 is 15.0 Å². The van der Waals surface area contributed by atoms with E-state index in [-0.39, 0.29) is 0 Å². The highest BCUT2D eigenvalue weighted by Gasteiger charge is 2.11. The van der Waals surface area contributed by atoms with Crippen LogP contribution in [0, 0.1) is 0 Å². The molecule has 0 bridgehead atoms. The summed E-state index contributed by atoms with van der Waals surface area (Å²) in [6, 6.07) is 0. The highest BCUT2D eigenvalue weighted by Crippen LogP contribution is 2.18. The lowest BCUT2D eigenvalue weighted by Gasteiger charge is -1.95. The maximum atomic E-state index is 10.0. The van der Waals surface area contributed by atoms with Gasteiger partial charge in [-0.05, 0) is 0 Å². The van der Waals surface area contributed by atoms with Crippen molar-refractivity contribution in [3.8, 4) is 0 Å². The Labute approximate surface area is 67.2 Å². The standard InChI is InChI=1S/C5H4Cl2O3/c1-2(8)3(6)4(7)5(9)10/h8H,1H2,(H,9,10)/b4-3-. The highest BCUT2D eigenvalue weighted by molar-refractivity contribution is 6.48. The van der Waals surface area contributed by atoms with Gasteiger partial charge in [-0.15, -0.1) is 0 Å². The van der Waals surface area contributed by atoms with Gasteiger partial charge in [0.05, 0.1) is 0 Å². The van der Waals surface area contributed by atoms with Crippen LogP contribution >= 0.6 is 23.2 Å². The highest BCUT2D eigenvalue weighted by atomic mass is 35.5. The number of allylic oxidation sites excluding steroid dienone is 1. The van der Waals surface area contributed by atoms with Crippen LogP contribution in [0.1, 0.15) is 0 Å². The van der Waals surface area contributed by atoms with Crippen LogP contribution in [0.3, 0.4) is 0 Å². The summed E-state index contributed by atoms with van der Waals surface area (Å²) in [6.45, 7) is 2.98. The zero-order valence-electron chi connectivity index (χ0n) is 4.77. The summed E-state index contributed by atoms with van der Waals surface area (Å²) in [5, 5.41) is 15.6. The van der Waals surface area contributed by atoms with Gasteiger partial charge in [0.25, 0.3) is 0 Å². The van der Waals surface area contributed by atoms with Crippen LogP contribution in [-0.4, -0.2) is 16.2 Å². The number of hydrogen-bond acceptors (Lipinski definition) is 2. The lowest BCUT2D eigenvalue weighted by molar-refractivity contribution is -0.131. The first-order chi connectivity index (χ1) is 4.46. The van der Waals surface area contributed by atoms with Gasteiger partial charge in [-0.1, -0.05) is 29.8 Å². The average molecular weight is 183 g/mol. The maximum Gasteiger partial charge on any atom is 0.349 e. The largest absolute Gasteiger partial charge is 0.507 e. The molecular weight excluding hydrogens is 179 g/mol. The lowest BCUT2D eigenvalue weighted by Crippen LogP contribution is -1.96. The quantitative estimate of drug-likeness (QED) is 0.390. The van der Waals surface area contributed by atoms with Crippen LogP contribution in [0.15, 0.2) is 22.4 Å². The molecule has 0 amide bonds. The molecule has 0 heterocycles. The van der Waals surface area contributed by atoms with Crippen molar-refractivity contribution in [2.45, 2.75) is 0 Å². The summed E-state index contributed by atoms with van der Waals surface area (Å²) in [4.78, 5) is 10.0. The molecule has 3 nitrogen and oxygen atoms in total. The Morgan fingerprint density at radius 1 is 1.20 bits per heavy atom. The predicted molar refractivity (Wildman–Crippen MR) is 38.1 cm³/mol. The van der Waals surface area contributed by atoms with E-state index in [1.54, 1.807) is 0 Å². The number of carbonyl (C=O) groups is 1. The monoisotopic (exact) mass is 182 g/mol. The van der Waals surface area contributed by atoms with Gasteiger partial charge in [-0.3, -0.25) is 0 Å². The summed E-state index contributed by atoms with van der Waals surface area (Å²) in [5.41, 5.74) is 0. The number of aliphatic carboxylic acids is 1. The molecule has 0 radical (unpaired) electrons. The smallest absolute Gasteiger partial charge is 0.349 e. The minimum atomic E-state index is -1.40. The number of aliphatic hydroxyl groups excluding tert-OH is 1. The van der Waals surface area contributed by atoms with Crippen molar-refractivity contribution in [2.24, 2.45) is 0 Å². The molecule has 0 aromatic rings. The summed E-state index contributed by atoms with van der Waals surface area (Å²) in [5.74, 6) is -1.96. The van der Waals surface area contributed by atoms with Gasteiger partial charge in [0.1, 0.15) is 15.8 Å². The van der Waals surface area contributed by atoms with Gasteiger partial charge in [0.15, 0.2) is 0 Å². The zero-order chi connectivity index (χ0) is 8.31. The zero-order valence-corrected chi connectivity index (χ0v) is 6.28. The molecule has 0 saturated heterocycles. The number of hydrogen-bond donors (Lipinski definition) is 2. The van der Waals surface area contributed by atoms with E-state index >= 15 is 0 Å². The van der Waals surface area contributed by atoms with Gasteiger partial charge in [0, 0.05) is 0 Å². The second kappa shape index (κ2) is 3.49. The number of carboxylic acids is 1. The minimum Gasteiger partial charge on any atom is -0.507 e. The van der Waals surface area contributed by atoms with E-state index in [2.05, 4.69) is 6.58 Å². The molecule has 0 rings (SSSR count). The molecule has 0 aromatic heterocycles.